The number of nitrogens with zero attached hydrogens (tertiary/aromatic N) is 1. The van der Waals surface area contributed by atoms with Crippen LogP contribution < -0.4 is 5.32 Å². The molecule has 5 nitrogen and oxygen atoms in total. The Balaban J connectivity index is 2.02. The quantitative estimate of drug-likeness (QED) is 0.677. The number of H-pyrrole nitrogens is 1. The van der Waals surface area contributed by atoms with Gasteiger partial charge in [-0.1, -0.05) is 0 Å². The van der Waals surface area contributed by atoms with Crippen molar-refractivity contribution in [2.45, 2.75) is 25.2 Å². The normalized spacial score (nSPS) is 17.9. The van der Waals surface area contributed by atoms with Crippen LogP contribution in [0.2, 0.25) is 0 Å². The molecule has 1 aromatic heterocycles. The Kier molecular flexibility index (Phi) is 3.01. The minimum atomic E-state index is -0.835. The van der Waals surface area contributed by atoms with Gasteiger partial charge in [0, 0.05) is 11.6 Å². The third-order valence-electron chi connectivity index (χ3n) is 2.76. The second kappa shape index (κ2) is 4.44. The lowest BCUT2D eigenvalue weighted by Crippen LogP contribution is -2.26. The van der Waals surface area contributed by atoms with Crippen LogP contribution >= 0.6 is 0 Å². The summed E-state index contributed by atoms with van der Waals surface area (Å²) in [5, 5.41) is 18.9. The fraction of sp³-hybridized carbons (Fsp3) is 0.600. The van der Waals surface area contributed by atoms with Gasteiger partial charge in [-0.3, -0.25) is 9.89 Å². The van der Waals surface area contributed by atoms with Crippen molar-refractivity contribution in [3.05, 3.63) is 17.5 Å². The van der Waals surface area contributed by atoms with Crippen LogP contribution in [0.3, 0.4) is 0 Å². The Morgan fingerprint density at radius 3 is 2.93 bits per heavy atom. The number of carboxylic acids is 1. The highest BCUT2D eigenvalue weighted by atomic mass is 16.4. The number of piperidine rings is 1. The van der Waals surface area contributed by atoms with E-state index >= 15 is 0 Å². The van der Waals surface area contributed by atoms with Gasteiger partial charge in [0.1, 0.15) is 0 Å². The monoisotopic (exact) mass is 209 g/mol. The van der Waals surface area contributed by atoms with E-state index < -0.39 is 5.97 Å². The van der Waals surface area contributed by atoms with Gasteiger partial charge in [-0.25, -0.2) is 0 Å². The Morgan fingerprint density at radius 2 is 2.27 bits per heavy atom. The molecular weight excluding hydrogens is 194 g/mol. The number of hydrogen-bond acceptors (Lipinski definition) is 3. The smallest absolute Gasteiger partial charge is 0.309 e. The molecule has 0 saturated carbocycles. The largest absolute Gasteiger partial charge is 0.481 e. The number of aliphatic carboxylic acids is 1. The van der Waals surface area contributed by atoms with E-state index in [4.69, 9.17) is 5.11 Å². The average molecular weight is 209 g/mol. The molecule has 0 aromatic carbocycles. The molecule has 2 rings (SSSR count). The van der Waals surface area contributed by atoms with Crippen LogP contribution in [0, 0.1) is 0 Å². The van der Waals surface area contributed by atoms with Crippen molar-refractivity contribution in [3.8, 4) is 0 Å². The molecule has 0 bridgehead atoms. The molecule has 15 heavy (non-hydrogen) atoms. The Bertz CT molecular complexity index is 342. The number of nitrogens with one attached hydrogen (secondary N) is 2. The second-order valence-corrected chi connectivity index (χ2v) is 3.91. The Labute approximate surface area is 87.9 Å². The van der Waals surface area contributed by atoms with Crippen LogP contribution in [0.1, 0.15) is 30.1 Å². The molecule has 0 atom stereocenters. The third-order valence-corrected chi connectivity index (χ3v) is 2.76. The van der Waals surface area contributed by atoms with Gasteiger partial charge in [0.2, 0.25) is 0 Å². The maximum Gasteiger partial charge on any atom is 0.309 e. The number of carbonyl (C=O) groups is 1. The first-order chi connectivity index (χ1) is 7.25. The van der Waals surface area contributed by atoms with E-state index in [0.29, 0.717) is 11.6 Å². The number of aromatic nitrogens is 2. The number of rotatable bonds is 3. The summed E-state index contributed by atoms with van der Waals surface area (Å²) in [6, 6.07) is 1.88. The zero-order valence-electron chi connectivity index (χ0n) is 8.49. The van der Waals surface area contributed by atoms with E-state index in [9.17, 15) is 4.79 Å². The highest BCUT2D eigenvalue weighted by Gasteiger charge is 2.17. The van der Waals surface area contributed by atoms with Crippen molar-refractivity contribution in [2.75, 3.05) is 13.1 Å². The number of carboxylic acid groups (broad SMARTS) is 1. The summed E-state index contributed by atoms with van der Waals surface area (Å²) in [6.07, 6.45) is 2.19. The number of hydrogen-bond donors (Lipinski definition) is 3. The Morgan fingerprint density at radius 1 is 1.53 bits per heavy atom. The first kappa shape index (κ1) is 10.2. The molecular formula is C10H15N3O2. The molecule has 1 aliphatic heterocycles. The predicted octanol–water partition coefficient (Wildman–Crippen LogP) is 0.504. The molecule has 2 heterocycles. The lowest BCUT2D eigenvalue weighted by Gasteiger charge is -2.20. The second-order valence-electron chi connectivity index (χ2n) is 3.91. The van der Waals surface area contributed by atoms with Crippen molar-refractivity contribution >= 4 is 5.97 Å². The van der Waals surface area contributed by atoms with Gasteiger partial charge >= 0.3 is 5.97 Å². The molecule has 0 amide bonds. The van der Waals surface area contributed by atoms with E-state index in [1.165, 1.54) is 0 Å². The summed E-state index contributed by atoms with van der Waals surface area (Å²) in [4.78, 5) is 10.5. The molecule has 82 valence electrons. The summed E-state index contributed by atoms with van der Waals surface area (Å²) in [5.74, 6) is -0.334. The van der Waals surface area contributed by atoms with Crippen LogP contribution in [0.4, 0.5) is 0 Å². The van der Waals surface area contributed by atoms with E-state index in [0.717, 1.165) is 31.6 Å². The van der Waals surface area contributed by atoms with E-state index in [2.05, 4.69) is 15.5 Å². The van der Waals surface area contributed by atoms with Crippen molar-refractivity contribution in [3.63, 3.8) is 0 Å². The molecule has 0 aliphatic carbocycles. The minimum Gasteiger partial charge on any atom is -0.481 e. The highest BCUT2D eigenvalue weighted by Crippen LogP contribution is 2.23. The molecule has 0 spiro atoms. The van der Waals surface area contributed by atoms with E-state index in [-0.39, 0.29) is 6.42 Å². The summed E-state index contributed by atoms with van der Waals surface area (Å²) < 4.78 is 0. The summed E-state index contributed by atoms with van der Waals surface area (Å²) in [7, 11) is 0. The topological polar surface area (TPSA) is 78.0 Å². The summed E-state index contributed by atoms with van der Waals surface area (Å²) in [5.41, 5.74) is 1.70. The molecule has 3 N–H and O–H groups in total. The van der Waals surface area contributed by atoms with Crippen LogP contribution in [0.25, 0.3) is 0 Å². The maximum atomic E-state index is 10.5. The van der Waals surface area contributed by atoms with E-state index in [1.807, 2.05) is 6.07 Å². The maximum absolute atomic E-state index is 10.5. The molecule has 5 heteroatoms. The number of aromatic amines is 1. The first-order valence-corrected chi connectivity index (χ1v) is 5.22. The SMILES string of the molecule is O=C(O)Cc1cc(C2CCNCC2)[nH]n1. The molecule has 0 radical (unpaired) electrons. The lowest BCUT2D eigenvalue weighted by molar-refractivity contribution is -0.136. The highest BCUT2D eigenvalue weighted by molar-refractivity contribution is 5.69. The molecule has 1 saturated heterocycles. The van der Waals surface area contributed by atoms with Gasteiger partial charge in [0.25, 0.3) is 0 Å². The molecule has 1 fully saturated rings. The van der Waals surface area contributed by atoms with Gasteiger partial charge in [-0.15, -0.1) is 0 Å². The van der Waals surface area contributed by atoms with Crippen molar-refractivity contribution < 1.29 is 9.90 Å². The van der Waals surface area contributed by atoms with Gasteiger partial charge in [0.05, 0.1) is 12.1 Å². The summed E-state index contributed by atoms with van der Waals surface area (Å²) >= 11 is 0. The zero-order chi connectivity index (χ0) is 10.7. The standard InChI is InChI=1S/C10H15N3O2/c14-10(15)6-8-5-9(13-12-8)7-1-3-11-4-2-7/h5,7,11H,1-4,6H2,(H,12,13)(H,14,15). The van der Waals surface area contributed by atoms with Crippen molar-refractivity contribution in [1.82, 2.24) is 15.5 Å². The Hall–Kier alpha value is -1.36. The van der Waals surface area contributed by atoms with Crippen LogP contribution in [0.5, 0.6) is 0 Å². The third kappa shape index (κ3) is 2.56. The average Bonchev–Trinajstić information content (AvgIpc) is 2.67. The van der Waals surface area contributed by atoms with Gasteiger partial charge in [-0.05, 0) is 32.0 Å². The first-order valence-electron chi connectivity index (χ1n) is 5.22. The van der Waals surface area contributed by atoms with Crippen LogP contribution in [0.15, 0.2) is 6.07 Å². The minimum absolute atomic E-state index is 0.00146. The predicted molar refractivity (Wildman–Crippen MR) is 54.8 cm³/mol. The molecule has 0 unspecified atom stereocenters. The fourth-order valence-electron chi connectivity index (χ4n) is 1.97. The van der Waals surface area contributed by atoms with Gasteiger partial charge in [0.15, 0.2) is 0 Å². The van der Waals surface area contributed by atoms with Gasteiger partial charge in [-0.2, -0.15) is 5.10 Å². The summed E-state index contributed by atoms with van der Waals surface area (Å²) in [6.45, 7) is 2.05. The zero-order valence-corrected chi connectivity index (χ0v) is 8.49. The van der Waals surface area contributed by atoms with Crippen molar-refractivity contribution in [2.24, 2.45) is 0 Å². The van der Waals surface area contributed by atoms with Gasteiger partial charge < -0.3 is 10.4 Å². The molecule has 1 aromatic rings. The van der Waals surface area contributed by atoms with Crippen LogP contribution in [-0.4, -0.2) is 34.4 Å². The lowest BCUT2D eigenvalue weighted by atomic mass is 9.94. The molecule has 1 aliphatic rings. The van der Waals surface area contributed by atoms with Crippen molar-refractivity contribution in [1.29, 1.82) is 0 Å². The fourth-order valence-corrected chi connectivity index (χ4v) is 1.97. The van der Waals surface area contributed by atoms with E-state index in [1.54, 1.807) is 0 Å². The van der Waals surface area contributed by atoms with Crippen LogP contribution in [-0.2, 0) is 11.2 Å².